The molecule has 7 rings (SSSR count). The zero-order chi connectivity index (χ0) is 33.2. The molecule has 242 valence electrons. The molecule has 0 aliphatic carbocycles. The van der Waals surface area contributed by atoms with Crippen molar-refractivity contribution in [3.05, 3.63) is 91.5 Å². The van der Waals surface area contributed by atoms with Crippen LogP contribution in [-0.2, 0) is 18.9 Å². The molecule has 0 radical (unpaired) electrons. The molecule has 1 spiro atoms. The lowest BCUT2D eigenvalue weighted by Crippen LogP contribution is -2.67. The van der Waals surface area contributed by atoms with Gasteiger partial charge in [-0.3, -0.25) is 23.9 Å². The number of hydrogen-bond acceptors (Lipinski definition) is 8. The van der Waals surface area contributed by atoms with Gasteiger partial charge in [0, 0.05) is 62.6 Å². The molecule has 47 heavy (non-hydrogen) atoms. The van der Waals surface area contributed by atoms with Crippen molar-refractivity contribution in [2.75, 3.05) is 32.1 Å². The average molecular weight is 661 g/mol. The number of nitrogens with zero attached hydrogens (tertiary/aromatic N) is 4. The first-order valence-electron chi connectivity index (χ1n) is 14.9. The van der Waals surface area contributed by atoms with E-state index < -0.39 is 23.0 Å². The number of halogens is 2. The highest BCUT2D eigenvalue weighted by molar-refractivity contribution is 6.36. The van der Waals surface area contributed by atoms with Crippen LogP contribution < -0.4 is 31.4 Å². The largest absolute Gasteiger partial charge is 0.491 e. The average Bonchev–Trinajstić information content (AvgIpc) is 3.65. The summed E-state index contributed by atoms with van der Waals surface area (Å²) in [7, 11) is 4.20. The van der Waals surface area contributed by atoms with E-state index in [0.29, 0.717) is 41.5 Å². The smallest absolute Gasteiger partial charge is 0.330 e. The minimum Gasteiger partial charge on any atom is -0.491 e. The fourth-order valence-electron chi connectivity index (χ4n) is 6.66. The molecule has 0 saturated carbocycles. The van der Waals surface area contributed by atoms with E-state index in [2.05, 4.69) is 15.5 Å². The number of nitrogens with one attached hydrogen (secondary N) is 2. The molecule has 0 bridgehead atoms. The van der Waals surface area contributed by atoms with Crippen LogP contribution in [0.4, 0.5) is 10.1 Å². The van der Waals surface area contributed by atoms with Gasteiger partial charge in [-0.05, 0) is 12.5 Å². The van der Waals surface area contributed by atoms with Gasteiger partial charge in [-0.2, -0.15) is 0 Å². The number of fused-ring (bicyclic) bond motifs is 1. The fraction of sp³-hybridized carbons (Fsp3) is 0.303. The third kappa shape index (κ3) is 5.06. The Kier molecular flexibility index (Phi) is 7.40. The van der Waals surface area contributed by atoms with Crippen LogP contribution in [0.5, 0.6) is 11.6 Å². The second-order valence-corrected chi connectivity index (χ2v) is 12.5. The van der Waals surface area contributed by atoms with E-state index in [9.17, 15) is 19.2 Å². The first-order valence-corrected chi connectivity index (χ1v) is 15.3. The van der Waals surface area contributed by atoms with Gasteiger partial charge in [-0.15, -0.1) is 0 Å². The van der Waals surface area contributed by atoms with Crippen LogP contribution in [0.3, 0.4) is 0 Å². The van der Waals surface area contributed by atoms with Gasteiger partial charge in [-0.1, -0.05) is 41.9 Å². The maximum Gasteiger partial charge on any atom is 0.330 e. The first kappa shape index (κ1) is 30.6. The fourth-order valence-corrected chi connectivity index (χ4v) is 6.98. The predicted octanol–water partition coefficient (Wildman–Crippen LogP) is 3.26. The number of amides is 2. The van der Waals surface area contributed by atoms with Gasteiger partial charge in [-0.25, -0.2) is 14.2 Å². The van der Waals surface area contributed by atoms with Crippen molar-refractivity contribution in [1.82, 2.24) is 24.3 Å². The van der Waals surface area contributed by atoms with E-state index in [4.69, 9.17) is 26.1 Å². The molecule has 5 heterocycles. The maximum atomic E-state index is 16.0. The standard InChI is InChI=1S/C33H30ClFN6O6/c1-39-13-20(31(44)40(2)32(39)45)29(43)36-21-9-5-7-18(28(21)35)17-6-4-8-19(27(17)34)22-12-24-26(30(37-22)46-3)23(14-47-24)41-15-33(16-41)11-10-25(42)38-33/h4-9,12-13,23H,10-11,14-16H2,1-3H3,(H,36,43)(H,38,42). The summed E-state index contributed by atoms with van der Waals surface area (Å²) in [6.07, 6.45) is 2.47. The Morgan fingerprint density at radius 1 is 1.13 bits per heavy atom. The second-order valence-electron chi connectivity index (χ2n) is 12.1. The summed E-state index contributed by atoms with van der Waals surface area (Å²) in [4.78, 5) is 56.4. The lowest BCUT2D eigenvalue weighted by molar-refractivity contribution is -0.121. The van der Waals surface area contributed by atoms with Crippen LogP contribution in [0.15, 0.2) is 58.3 Å². The van der Waals surface area contributed by atoms with E-state index in [1.54, 1.807) is 30.3 Å². The third-order valence-electron chi connectivity index (χ3n) is 9.10. The van der Waals surface area contributed by atoms with E-state index in [-0.39, 0.29) is 39.3 Å². The number of likely N-dealkylation sites (tertiary alicyclic amines) is 1. The number of benzene rings is 2. The number of methoxy groups -OCH3 is 1. The number of pyridine rings is 1. The van der Waals surface area contributed by atoms with E-state index in [1.807, 2.05) is 0 Å². The molecule has 3 aliphatic rings. The van der Waals surface area contributed by atoms with Crippen molar-refractivity contribution in [1.29, 1.82) is 0 Å². The molecule has 14 heteroatoms. The summed E-state index contributed by atoms with van der Waals surface area (Å²) in [5.41, 5.74) is 0.183. The molecular formula is C33H30ClFN6O6. The normalized spacial score (nSPS) is 18.0. The highest BCUT2D eigenvalue weighted by Gasteiger charge is 2.51. The Balaban J connectivity index is 1.18. The quantitative estimate of drug-likeness (QED) is 0.322. The minimum atomic E-state index is -0.869. The van der Waals surface area contributed by atoms with Gasteiger partial charge >= 0.3 is 5.69 Å². The molecule has 2 fully saturated rings. The zero-order valence-electron chi connectivity index (χ0n) is 25.7. The Morgan fingerprint density at radius 2 is 1.85 bits per heavy atom. The van der Waals surface area contributed by atoms with Gasteiger partial charge < -0.3 is 24.7 Å². The van der Waals surface area contributed by atoms with Crippen LogP contribution in [0, 0.1) is 5.82 Å². The van der Waals surface area contributed by atoms with Gasteiger partial charge in [0.2, 0.25) is 11.8 Å². The van der Waals surface area contributed by atoms with Gasteiger partial charge in [0.15, 0.2) is 5.82 Å². The van der Waals surface area contributed by atoms with Crippen molar-refractivity contribution in [3.63, 3.8) is 0 Å². The maximum absolute atomic E-state index is 16.0. The van der Waals surface area contributed by atoms with E-state index >= 15 is 4.39 Å². The molecule has 2 amide bonds. The topological polar surface area (TPSA) is 137 Å². The number of aromatic nitrogens is 3. The van der Waals surface area contributed by atoms with Crippen LogP contribution in [-0.4, -0.2) is 63.2 Å². The summed E-state index contributed by atoms with van der Waals surface area (Å²) in [6.45, 7) is 1.85. The van der Waals surface area contributed by atoms with Crippen molar-refractivity contribution < 1.29 is 23.5 Å². The molecule has 12 nitrogen and oxygen atoms in total. The number of ether oxygens (including phenoxy) is 2. The molecule has 2 N–H and O–H groups in total. The number of carbonyl (C=O) groups excluding carboxylic acids is 2. The number of hydrogen-bond donors (Lipinski definition) is 2. The highest BCUT2D eigenvalue weighted by atomic mass is 35.5. The summed E-state index contributed by atoms with van der Waals surface area (Å²) in [5.74, 6) is -0.557. The molecule has 4 aromatic rings. The molecular weight excluding hydrogens is 631 g/mol. The summed E-state index contributed by atoms with van der Waals surface area (Å²) < 4.78 is 29.7. The lowest BCUT2D eigenvalue weighted by Gasteiger charge is -2.50. The number of carbonyl (C=O) groups is 2. The molecule has 3 aliphatic heterocycles. The Bertz CT molecular complexity index is 2110. The Labute approximate surface area is 272 Å². The van der Waals surface area contributed by atoms with E-state index in [0.717, 1.165) is 40.4 Å². The van der Waals surface area contributed by atoms with Crippen LogP contribution in [0.2, 0.25) is 5.02 Å². The first-order chi connectivity index (χ1) is 22.5. The summed E-state index contributed by atoms with van der Waals surface area (Å²) in [6, 6.07) is 11.3. The molecule has 2 saturated heterocycles. The molecule has 1 atom stereocenters. The number of rotatable bonds is 6. The van der Waals surface area contributed by atoms with Crippen molar-refractivity contribution in [2.45, 2.75) is 24.4 Å². The number of aryl methyl sites for hydroxylation is 1. The molecule has 2 aromatic heterocycles. The monoisotopic (exact) mass is 660 g/mol. The van der Waals surface area contributed by atoms with Gasteiger partial charge in [0.05, 0.1) is 40.7 Å². The lowest BCUT2D eigenvalue weighted by atomic mass is 9.86. The van der Waals surface area contributed by atoms with Crippen LogP contribution >= 0.6 is 11.6 Å². The van der Waals surface area contributed by atoms with Crippen molar-refractivity contribution >= 4 is 29.1 Å². The van der Waals surface area contributed by atoms with Crippen LogP contribution in [0.25, 0.3) is 22.4 Å². The number of anilines is 1. The van der Waals surface area contributed by atoms with Crippen molar-refractivity contribution in [3.8, 4) is 34.0 Å². The Hall–Kier alpha value is -5.01. The molecule has 2 aromatic carbocycles. The minimum absolute atomic E-state index is 0.0838. The summed E-state index contributed by atoms with van der Waals surface area (Å²) >= 11 is 6.92. The van der Waals surface area contributed by atoms with E-state index in [1.165, 1.54) is 33.3 Å². The summed E-state index contributed by atoms with van der Waals surface area (Å²) in [5, 5.41) is 5.77. The molecule has 1 unspecified atom stereocenters. The third-order valence-corrected chi connectivity index (χ3v) is 9.51. The van der Waals surface area contributed by atoms with Gasteiger partial charge in [0.1, 0.15) is 17.9 Å². The zero-order valence-corrected chi connectivity index (χ0v) is 26.5. The SMILES string of the molecule is COc1nc(-c2cccc(-c3cccc(NC(=O)c4cn(C)c(=O)n(C)c4=O)c3F)c2Cl)cc2c1C(N1CC3(CCC(=O)N3)C1)CO2. The van der Waals surface area contributed by atoms with Gasteiger partial charge in [0.25, 0.3) is 11.5 Å². The highest BCUT2D eigenvalue weighted by Crippen LogP contribution is 2.48. The van der Waals surface area contributed by atoms with Crippen molar-refractivity contribution in [2.24, 2.45) is 14.1 Å². The second kappa shape index (κ2) is 11.4. The Morgan fingerprint density at radius 3 is 2.57 bits per heavy atom. The predicted molar refractivity (Wildman–Crippen MR) is 171 cm³/mol. The van der Waals surface area contributed by atoms with Crippen LogP contribution in [0.1, 0.15) is 34.8 Å².